The van der Waals surface area contributed by atoms with E-state index >= 15 is 0 Å². The molecule has 0 aromatic heterocycles. The Hall–Kier alpha value is -2.44. The molecule has 0 aliphatic rings. The lowest BCUT2D eigenvalue weighted by Crippen LogP contribution is -2.34. The summed E-state index contributed by atoms with van der Waals surface area (Å²) >= 11 is 10.9. The van der Waals surface area contributed by atoms with Gasteiger partial charge in [0.1, 0.15) is 0 Å². The van der Waals surface area contributed by atoms with Crippen LogP contribution in [0.2, 0.25) is 5.02 Å². The zero-order valence-electron chi connectivity index (χ0n) is 13.0. The number of rotatable bonds is 3. The van der Waals surface area contributed by atoms with Gasteiger partial charge < -0.3 is 10.4 Å². The summed E-state index contributed by atoms with van der Waals surface area (Å²) in [5.41, 5.74) is 2.82. The second kappa shape index (κ2) is 7.42. The first-order valence-electron chi connectivity index (χ1n) is 7.00. The van der Waals surface area contributed by atoms with Crippen LogP contribution in [-0.4, -0.2) is 22.1 Å². The highest BCUT2D eigenvalue weighted by Gasteiger charge is 2.12. The van der Waals surface area contributed by atoms with Gasteiger partial charge in [0.15, 0.2) is 5.11 Å². The number of aryl methyl sites for hydroxylation is 2. The Labute approximate surface area is 149 Å². The lowest BCUT2D eigenvalue weighted by Gasteiger charge is -2.11. The lowest BCUT2D eigenvalue weighted by molar-refractivity contribution is 0.0697. The van der Waals surface area contributed by atoms with Crippen molar-refractivity contribution in [2.24, 2.45) is 0 Å². The zero-order chi connectivity index (χ0) is 17.9. The van der Waals surface area contributed by atoms with Crippen molar-refractivity contribution in [3.63, 3.8) is 0 Å². The fraction of sp³-hybridized carbons (Fsp3) is 0.118. The number of carbonyl (C=O) groups excluding carboxylic acids is 1. The van der Waals surface area contributed by atoms with E-state index in [0.717, 1.165) is 11.1 Å². The molecule has 0 bridgehead atoms. The quantitative estimate of drug-likeness (QED) is 0.724. The van der Waals surface area contributed by atoms with E-state index in [1.165, 1.54) is 12.1 Å². The third kappa shape index (κ3) is 4.53. The summed E-state index contributed by atoms with van der Waals surface area (Å²) < 4.78 is 0. The van der Waals surface area contributed by atoms with Crippen LogP contribution in [0.1, 0.15) is 31.8 Å². The highest BCUT2D eigenvalue weighted by atomic mass is 35.5. The Morgan fingerprint density at radius 2 is 1.71 bits per heavy atom. The fourth-order valence-electron chi connectivity index (χ4n) is 2.21. The molecule has 24 heavy (non-hydrogen) atoms. The molecule has 1 amide bonds. The largest absolute Gasteiger partial charge is 0.478 e. The summed E-state index contributed by atoms with van der Waals surface area (Å²) in [6, 6.07) is 9.85. The summed E-state index contributed by atoms with van der Waals surface area (Å²) in [5, 5.41) is 14.6. The maximum Gasteiger partial charge on any atom is 0.337 e. The van der Waals surface area contributed by atoms with Gasteiger partial charge >= 0.3 is 5.97 Å². The van der Waals surface area contributed by atoms with E-state index in [1.54, 1.807) is 18.2 Å². The molecule has 0 radical (unpaired) electrons. The second-order valence-corrected chi connectivity index (χ2v) is 6.10. The van der Waals surface area contributed by atoms with Crippen LogP contribution in [0.3, 0.4) is 0 Å². The van der Waals surface area contributed by atoms with E-state index in [4.69, 9.17) is 28.9 Å². The van der Waals surface area contributed by atoms with Gasteiger partial charge in [0.2, 0.25) is 0 Å². The molecule has 0 saturated carbocycles. The predicted octanol–water partition coefficient (Wildman–Crippen LogP) is 3.78. The minimum absolute atomic E-state index is 0.0508. The maximum absolute atomic E-state index is 12.2. The highest BCUT2D eigenvalue weighted by molar-refractivity contribution is 7.80. The van der Waals surface area contributed by atoms with Crippen molar-refractivity contribution in [1.29, 1.82) is 0 Å². The Morgan fingerprint density at radius 1 is 1.08 bits per heavy atom. The van der Waals surface area contributed by atoms with Gasteiger partial charge in [0.25, 0.3) is 5.91 Å². The first-order valence-corrected chi connectivity index (χ1v) is 7.78. The fourth-order valence-corrected chi connectivity index (χ4v) is 2.62. The van der Waals surface area contributed by atoms with Gasteiger partial charge in [-0.05, 0) is 56.4 Å². The number of anilines is 1. The monoisotopic (exact) mass is 362 g/mol. The van der Waals surface area contributed by atoms with Gasteiger partial charge in [0, 0.05) is 11.3 Å². The molecule has 0 atom stereocenters. The van der Waals surface area contributed by atoms with Crippen LogP contribution in [0.5, 0.6) is 0 Å². The molecule has 3 N–H and O–H groups in total. The van der Waals surface area contributed by atoms with E-state index in [0.29, 0.717) is 11.3 Å². The summed E-state index contributed by atoms with van der Waals surface area (Å²) in [6.45, 7) is 3.81. The minimum atomic E-state index is -1.14. The van der Waals surface area contributed by atoms with Crippen LogP contribution in [0, 0.1) is 13.8 Å². The molecule has 2 aromatic rings. The zero-order valence-corrected chi connectivity index (χ0v) is 14.6. The molecule has 7 heteroatoms. The van der Waals surface area contributed by atoms with Crippen molar-refractivity contribution in [3.05, 3.63) is 63.7 Å². The van der Waals surface area contributed by atoms with Crippen LogP contribution in [0.25, 0.3) is 0 Å². The number of carboxylic acids is 1. The second-order valence-electron chi connectivity index (χ2n) is 5.28. The van der Waals surface area contributed by atoms with Gasteiger partial charge in [-0.25, -0.2) is 4.79 Å². The van der Waals surface area contributed by atoms with Crippen molar-refractivity contribution in [2.45, 2.75) is 13.8 Å². The summed E-state index contributed by atoms with van der Waals surface area (Å²) in [6.07, 6.45) is 0. The third-order valence-electron chi connectivity index (χ3n) is 3.17. The number of carboxylic acid groups (broad SMARTS) is 1. The van der Waals surface area contributed by atoms with Crippen LogP contribution in [0.15, 0.2) is 36.4 Å². The third-order valence-corrected chi connectivity index (χ3v) is 3.70. The number of benzene rings is 2. The van der Waals surface area contributed by atoms with Crippen LogP contribution in [-0.2, 0) is 0 Å². The molecule has 2 aromatic carbocycles. The number of amides is 1. The molecule has 0 fully saturated rings. The van der Waals surface area contributed by atoms with Gasteiger partial charge in [-0.15, -0.1) is 0 Å². The van der Waals surface area contributed by atoms with Crippen molar-refractivity contribution < 1.29 is 14.7 Å². The number of halogens is 1. The Kier molecular flexibility index (Phi) is 5.54. The van der Waals surface area contributed by atoms with Gasteiger partial charge in [-0.1, -0.05) is 28.8 Å². The SMILES string of the molecule is Cc1cc(C)cc(C(=O)NC(=S)Nc2ccc(Cl)c(C(=O)O)c2)c1. The number of hydrogen-bond acceptors (Lipinski definition) is 3. The van der Waals surface area contributed by atoms with Crippen LogP contribution in [0.4, 0.5) is 5.69 Å². The molecule has 5 nitrogen and oxygen atoms in total. The lowest BCUT2D eigenvalue weighted by atomic mass is 10.1. The van der Waals surface area contributed by atoms with Gasteiger partial charge in [-0.3, -0.25) is 10.1 Å². The normalized spacial score (nSPS) is 10.1. The van der Waals surface area contributed by atoms with Crippen LogP contribution >= 0.6 is 23.8 Å². The Balaban J connectivity index is 2.09. The van der Waals surface area contributed by atoms with E-state index in [-0.39, 0.29) is 21.6 Å². The van der Waals surface area contributed by atoms with E-state index < -0.39 is 5.97 Å². The van der Waals surface area contributed by atoms with Gasteiger partial charge in [0.05, 0.1) is 10.6 Å². The van der Waals surface area contributed by atoms with E-state index in [1.807, 2.05) is 19.9 Å². The van der Waals surface area contributed by atoms with Crippen LogP contribution < -0.4 is 10.6 Å². The molecule has 0 saturated heterocycles. The number of carbonyl (C=O) groups is 2. The molecule has 2 rings (SSSR count). The standard InChI is InChI=1S/C17H15ClN2O3S/c1-9-5-10(2)7-11(6-9)15(21)20-17(24)19-12-3-4-14(18)13(8-12)16(22)23/h3-8H,1-2H3,(H,22,23)(H2,19,20,21,24). The minimum Gasteiger partial charge on any atom is -0.478 e. The smallest absolute Gasteiger partial charge is 0.337 e. The van der Waals surface area contributed by atoms with Crippen molar-refractivity contribution in [2.75, 3.05) is 5.32 Å². The summed E-state index contributed by atoms with van der Waals surface area (Å²) in [7, 11) is 0. The topological polar surface area (TPSA) is 78.4 Å². The number of aromatic carboxylic acids is 1. The molecule has 0 heterocycles. The first kappa shape index (κ1) is 17.9. The molecular weight excluding hydrogens is 348 g/mol. The average molecular weight is 363 g/mol. The number of nitrogens with one attached hydrogen (secondary N) is 2. The maximum atomic E-state index is 12.2. The molecule has 124 valence electrons. The van der Waals surface area contributed by atoms with Crippen molar-refractivity contribution >= 4 is 46.5 Å². The molecule has 0 spiro atoms. The molecule has 0 aliphatic heterocycles. The number of thiocarbonyl (C=S) groups is 1. The molecule has 0 unspecified atom stereocenters. The molecule has 0 aliphatic carbocycles. The number of hydrogen-bond donors (Lipinski definition) is 3. The highest BCUT2D eigenvalue weighted by Crippen LogP contribution is 2.20. The summed E-state index contributed by atoms with van der Waals surface area (Å²) in [4.78, 5) is 23.3. The van der Waals surface area contributed by atoms with Crippen molar-refractivity contribution in [3.8, 4) is 0 Å². The van der Waals surface area contributed by atoms with Gasteiger partial charge in [-0.2, -0.15) is 0 Å². The Bertz CT molecular complexity index is 816. The first-order chi connectivity index (χ1) is 11.3. The van der Waals surface area contributed by atoms with E-state index in [2.05, 4.69) is 10.6 Å². The summed E-state index contributed by atoms with van der Waals surface area (Å²) in [5.74, 6) is -1.49. The van der Waals surface area contributed by atoms with Crippen molar-refractivity contribution in [1.82, 2.24) is 5.32 Å². The average Bonchev–Trinajstić information content (AvgIpc) is 2.47. The predicted molar refractivity (Wildman–Crippen MR) is 98.0 cm³/mol. The molecular formula is C17H15ClN2O3S. The Morgan fingerprint density at radius 3 is 2.29 bits per heavy atom. The van der Waals surface area contributed by atoms with E-state index in [9.17, 15) is 9.59 Å².